The van der Waals surface area contributed by atoms with Crippen LogP contribution in [0.5, 0.6) is 0 Å². The first-order chi connectivity index (χ1) is 8.02. The van der Waals surface area contributed by atoms with Gasteiger partial charge in [0.05, 0.1) is 13.1 Å². The lowest BCUT2D eigenvalue weighted by Gasteiger charge is -2.17. The first-order valence-electron chi connectivity index (χ1n) is 4.84. The molecule has 1 N–H and O–H groups in total. The van der Waals surface area contributed by atoms with E-state index in [0.717, 1.165) is 0 Å². The summed E-state index contributed by atoms with van der Waals surface area (Å²) in [5.41, 5.74) is 0.328. The lowest BCUT2D eigenvalue weighted by Crippen LogP contribution is -2.30. The van der Waals surface area contributed by atoms with Crippen LogP contribution in [0.4, 0.5) is 4.39 Å². The van der Waals surface area contributed by atoms with Crippen molar-refractivity contribution >= 4 is 17.6 Å². The van der Waals surface area contributed by atoms with E-state index in [2.05, 4.69) is 5.92 Å². The second-order valence-corrected chi connectivity index (χ2v) is 3.92. The molecule has 0 spiro atoms. The Hall–Kier alpha value is -1.57. The molecule has 0 unspecified atom stereocenters. The van der Waals surface area contributed by atoms with Gasteiger partial charge in [-0.1, -0.05) is 17.5 Å². The molecule has 0 atom stereocenters. The zero-order chi connectivity index (χ0) is 12.8. The fourth-order valence-corrected chi connectivity index (χ4v) is 1.59. The monoisotopic (exact) mass is 255 g/mol. The quantitative estimate of drug-likeness (QED) is 0.818. The Morgan fingerprint density at radius 1 is 1.59 bits per heavy atom. The van der Waals surface area contributed by atoms with Crippen LogP contribution in [-0.4, -0.2) is 29.1 Å². The van der Waals surface area contributed by atoms with Gasteiger partial charge in [0.2, 0.25) is 0 Å². The molecule has 5 heteroatoms. The minimum absolute atomic E-state index is 0.114. The summed E-state index contributed by atoms with van der Waals surface area (Å²) in [6, 6.07) is 4.14. The number of halogens is 2. The number of aliphatic carboxylic acids is 1. The lowest BCUT2D eigenvalue weighted by molar-refractivity contribution is -0.138. The Morgan fingerprint density at radius 3 is 2.88 bits per heavy atom. The van der Waals surface area contributed by atoms with Crippen molar-refractivity contribution in [1.82, 2.24) is 4.90 Å². The summed E-state index contributed by atoms with van der Waals surface area (Å²) in [4.78, 5) is 12.0. The van der Waals surface area contributed by atoms with Crippen LogP contribution < -0.4 is 0 Å². The van der Waals surface area contributed by atoms with Crippen LogP contribution >= 0.6 is 11.6 Å². The number of rotatable bonds is 5. The first-order valence-corrected chi connectivity index (χ1v) is 5.22. The van der Waals surface area contributed by atoms with Crippen molar-refractivity contribution in [3.05, 3.63) is 34.6 Å². The van der Waals surface area contributed by atoms with Gasteiger partial charge in [0, 0.05) is 17.1 Å². The van der Waals surface area contributed by atoms with E-state index in [9.17, 15) is 9.18 Å². The van der Waals surface area contributed by atoms with E-state index in [4.69, 9.17) is 23.1 Å². The van der Waals surface area contributed by atoms with Crippen molar-refractivity contribution in [2.45, 2.75) is 6.54 Å². The maximum Gasteiger partial charge on any atom is 0.317 e. The van der Waals surface area contributed by atoms with Crippen LogP contribution in [-0.2, 0) is 11.3 Å². The molecule has 0 aliphatic heterocycles. The molecule has 0 heterocycles. The fourth-order valence-electron chi connectivity index (χ4n) is 1.39. The molecule has 0 aliphatic carbocycles. The van der Waals surface area contributed by atoms with E-state index in [1.54, 1.807) is 0 Å². The number of terminal acetylenes is 1. The second-order valence-electron chi connectivity index (χ2n) is 3.48. The van der Waals surface area contributed by atoms with Crippen LogP contribution in [0.3, 0.4) is 0 Å². The molecule has 1 aromatic rings. The zero-order valence-corrected chi connectivity index (χ0v) is 9.75. The average molecular weight is 256 g/mol. The highest BCUT2D eigenvalue weighted by atomic mass is 35.5. The standard InChI is InChI=1S/C12H11ClFNO2/c1-2-5-15(8-12(16)17)7-9-6-10(13)3-4-11(9)14/h1,3-4,6H,5,7-8H2,(H,16,17). The van der Waals surface area contributed by atoms with Crippen molar-refractivity contribution in [1.29, 1.82) is 0 Å². The highest BCUT2D eigenvalue weighted by Gasteiger charge is 2.12. The molecular formula is C12H11ClFNO2. The van der Waals surface area contributed by atoms with Gasteiger partial charge >= 0.3 is 5.97 Å². The van der Waals surface area contributed by atoms with Gasteiger partial charge in [-0.15, -0.1) is 6.42 Å². The summed E-state index contributed by atoms with van der Waals surface area (Å²) in [7, 11) is 0. The third-order valence-electron chi connectivity index (χ3n) is 2.08. The maximum absolute atomic E-state index is 13.4. The van der Waals surface area contributed by atoms with Gasteiger partial charge in [-0.2, -0.15) is 0 Å². The van der Waals surface area contributed by atoms with Crippen molar-refractivity contribution in [3.63, 3.8) is 0 Å². The Labute approximate surface area is 104 Å². The third kappa shape index (κ3) is 4.43. The molecule has 17 heavy (non-hydrogen) atoms. The predicted molar refractivity (Wildman–Crippen MR) is 63.2 cm³/mol. The van der Waals surface area contributed by atoms with Gasteiger partial charge in [0.25, 0.3) is 0 Å². The van der Waals surface area contributed by atoms with Crippen LogP contribution in [0.2, 0.25) is 5.02 Å². The Kier molecular flexibility index (Phi) is 4.95. The fraction of sp³-hybridized carbons (Fsp3) is 0.250. The van der Waals surface area contributed by atoms with E-state index in [-0.39, 0.29) is 19.6 Å². The van der Waals surface area contributed by atoms with Gasteiger partial charge in [-0.25, -0.2) is 4.39 Å². The van der Waals surface area contributed by atoms with Crippen LogP contribution in [0.1, 0.15) is 5.56 Å². The van der Waals surface area contributed by atoms with Gasteiger partial charge in [0.1, 0.15) is 5.82 Å². The predicted octanol–water partition coefficient (Wildman–Crippen LogP) is 2.00. The van der Waals surface area contributed by atoms with E-state index >= 15 is 0 Å². The third-order valence-corrected chi connectivity index (χ3v) is 2.31. The molecule has 0 fully saturated rings. The van der Waals surface area contributed by atoms with Gasteiger partial charge in [0.15, 0.2) is 0 Å². The number of benzene rings is 1. The Morgan fingerprint density at radius 2 is 2.29 bits per heavy atom. The number of carboxylic acid groups (broad SMARTS) is 1. The molecule has 0 saturated heterocycles. The highest BCUT2D eigenvalue weighted by molar-refractivity contribution is 6.30. The minimum atomic E-state index is -1.01. The average Bonchev–Trinajstić information content (AvgIpc) is 2.23. The van der Waals surface area contributed by atoms with E-state index in [1.165, 1.54) is 23.1 Å². The molecule has 0 radical (unpaired) electrons. The molecule has 0 saturated carbocycles. The molecule has 0 amide bonds. The summed E-state index contributed by atoms with van der Waals surface area (Å²) >= 11 is 5.74. The van der Waals surface area contributed by atoms with E-state index in [1.807, 2.05) is 0 Å². The molecule has 0 aromatic heterocycles. The number of hydrogen-bond acceptors (Lipinski definition) is 2. The molecule has 90 valence electrons. The van der Waals surface area contributed by atoms with Gasteiger partial charge in [-0.3, -0.25) is 9.69 Å². The zero-order valence-electron chi connectivity index (χ0n) is 8.99. The SMILES string of the molecule is C#CCN(CC(=O)O)Cc1cc(Cl)ccc1F. The molecule has 1 aromatic carbocycles. The largest absolute Gasteiger partial charge is 0.480 e. The molecule has 3 nitrogen and oxygen atoms in total. The van der Waals surface area contributed by atoms with E-state index in [0.29, 0.717) is 10.6 Å². The maximum atomic E-state index is 13.4. The van der Waals surface area contributed by atoms with Crippen molar-refractivity contribution in [2.75, 3.05) is 13.1 Å². The van der Waals surface area contributed by atoms with Crippen molar-refractivity contribution in [2.24, 2.45) is 0 Å². The first kappa shape index (κ1) is 13.5. The number of carbonyl (C=O) groups is 1. The normalized spacial score (nSPS) is 10.2. The number of carboxylic acids is 1. The highest BCUT2D eigenvalue weighted by Crippen LogP contribution is 2.16. The van der Waals surface area contributed by atoms with E-state index < -0.39 is 11.8 Å². The molecule has 0 bridgehead atoms. The van der Waals surface area contributed by atoms with Crippen LogP contribution in [0, 0.1) is 18.2 Å². The van der Waals surface area contributed by atoms with Crippen molar-refractivity contribution < 1.29 is 14.3 Å². The van der Waals surface area contributed by atoms with Crippen molar-refractivity contribution in [3.8, 4) is 12.3 Å². The summed E-state index contributed by atoms with van der Waals surface area (Å²) in [5.74, 6) is 0.894. The number of nitrogens with zero attached hydrogens (tertiary/aromatic N) is 1. The van der Waals surface area contributed by atoms with Crippen LogP contribution in [0.15, 0.2) is 18.2 Å². The Bertz CT molecular complexity index is 456. The van der Waals surface area contributed by atoms with Gasteiger partial charge < -0.3 is 5.11 Å². The smallest absolute Gasteiger partial charge is 0.317 e. The lowest BCUT2D eigenvalue weighted by atomic mass is 10.2. The summed E-state index contributed by atoms with van der Waals surface area (Å²) in [6.45, 7) is 0.0112. The van der Waals surface area contributed by atoms with Gasteiger partial charge in [-0.05, 0) is 18.2 Å². The van der Waals surface area contributed by atoms with Crippen LogP contribution in [0.25, 0.3) is 0 Å². The summed E-state index contributed by atoms with van der Waals surface area (Å²) < 4.78 is 13.4. The summed E-state index contributed by atoms with van der Waals surface area (Å²) in [6.07, 6.45) is 5.12. The summed E-state index contributed by atoms with van der Waals surface area (Å²) in [5, 5.41) is 9.08. The minimum Gasteiger partial charge on any atom is -0.480 e. The Balaban J connectivity index is 2.81. The second kappa shape index (κ2) is 6.24. The number of hydrogen-bond donors (Lipinski definition) is 1. The molecule has 1 rings (SSSR count). The molecule has 0 aliphatic rings. The topological polar surface area (TPSA) is 40.5 Å². The molecular weight excluding hydrogens is 245 g/mol.